The predicted molar refractivity (Wildman–Crippen MR) is 205 cm³/mol. The van der Waals surface area contributed by atoms with Crippen molar-refractivity contribution >= 4 is 84.8 Å². The molecule has 3 heterocycles. The van der Waals surface area contributed by atoms with Crippen LogP contribution in [-0.2, 0) is 0 Å². The summed E-state index contributed by atoms with van der Waals surface area (Å²) in [6, 6.07) is 55.2. The third kappa shape index (κ3) is 4.07. The van der Waals surface area contributed by atoms with Gasteiger partial charge in [-0.05, 0) is 83.4 Å². The van der Waals surface area contributed by atoms with Crippen molar-refractivity contribution in [2.24, 2.45) is 0 Å². The van der Waals surface area contributed by atoms with Crippen molar-refractivity contribution in [2.45, 2.75) is 0 Å². The fourth-order valence-electron chi connectivity index (χ4n) is 7.31. The molecule has 0 bridgehead atoms. The summed E-state index contributed by atoms with van der Waals surface area (Å²) >= 11 is 3.66. The fraction of sp³-hybridized carbons (Fsp3) is 0. The predicted octanol–water partition coefficient (Wildman–Crippen LogP) is 12.2. The van der Waals surface area contributed by atoms with Crippen LogP contribution in [0.25, 0.3) is 90.1 Å². The molecule has 0 aliphatic heterocycles. The standard InChI is InChI=1S/C44H21N3S2/c45-24-26-12-14-27(15-13-26)28-16-19-39-35(22-28)34-18-21-41-42(44(34)49-39)36-23-29(17-20-40(36)48-41)31-9-5-6-30(25-46)43(31)47-37-10-3-1-7-32(37)33-8-2-4-11-38(33)47/h1,3-7,9-23H. The Morgan fingerprint density at radius 1 is 0.571 bits per heavy atom. The van der Waals surface area contributed by atoms with E-state index in [0.717, 1.165) is 49.7 Å². The fourth-order valence-corrected chi connectivity index (χ4v) is 9.71. The van der Waals surface area contributed by atoms with Gasteiger partial charge in [-0.1, -0.05) is 72.8 Å². The van der Waals surface area contributed by atoms with E-state index in [2.05, 4.69) is 102 Å². The summed E-state index contributed by atoms with van der Waals surface area (Å²) in [6.07, 6.45) is 0. The summed E-state index contributed by atoms with van der Waals surface area (Å²) in [5, 5.41) is 26.7. The zero-order valence-electron chi connectivity index (χ0n) is 25.8. The maximum Gasteiger partial charge on any atom is 0.101 e. The smallest absolute Gasteiger partial charge is 0.101 e. The summed E-state index contributed by atoms with van der Waals surface area (Å²) in [5.74, 6) is 0. The van der Waals surface area contributed by atoms with E-state index in [1.54, 1.807) is 0 Å². The highest BCUT2D eigenvalue weighted by Crippen LogP contribution is 2.46. The topological polar surface area (TPSA) is 52.5 Å². The van der Waals surface area contributed by atoms with Crippen LogP contribution in [0, 0.1) is 34.8 Å². The van der Waals surface area contributed by atoms with Crippen molar-refractivity contribution in [3.05, 3.63) is 151 Å². The lowest BCUT2D eigenvalue weighted by molar-refractivity contribution is 1.17. The maximum absolute atomic E-state index is 10.4. The van der Waals surface area contributed by atoms with Crippen LogP contribution in [0.15, 0.2) is 127 Å². The van der Waals surface area contributed by atoms with E-state index < -0.39 is 0 Å². The van der Waals surface area contributed by atoms with Crippen LogP contribution in [0.1, 0.15) is 11.1 Å². The highest BCUT2D eigenvalue weighted by atomic mass is 32.1. The Bertz CT molecular complexity index is 3020. The Morgan fingerprint density at radius 2 is 1.35 bits per heavy atom. The average Bonchev–Trinajstić information content (AvgIpc) is 3.83. The van der Waals surface area contributed by atoms with Gasteiger partial charge in [-0.15, -0.1) is 22.7 Å². The second-order valence-electron chi connectivity index (χ2n) is 12.2. The number of thiophene rings is 2. The molecular formula is C44H21N3S2. The monoisotopic (exact) mass is 655 g/mol. The normalized spacial score (nSPS) is 11.5. The molecule has 0 radical (unpaired) electrons. The van der Waals surface area contributed by atoms with Gasteiger partial charge in [0.25, 0.3) is 0 Å². The minimum Gasteiger partial charge on any atom is -0.307 e. The Labute approximate surface area is 289 Å². The SMILES string of the molecule is N#Cc1ccc(-c2ccc3sc4c(ccc5sc6ccc(-c7cccc(C#N)c7-n7c8ccc#cc8c8ccccc87)cc6c54)c3c2)cc1. The van der Waals surface area contributed by atoms with Crippen molar-refractivity contribution in [2.75, 3.05) is 0 Å². The van der Waals surface area contributed by atoms with Crippen LogP contribution in [0.3, 0.4) is 0 Å². The molecule has 0 amide bonds. The molecule has 0 saturated heterocycles. The molecule has 0 aliphatic carbocycles. The first-order valence-electron chi connectivity index (χ1n) is 15.9. The molecule has 10 rings (SSSR count). The van der Waals surface area contributed by atoms with Crippen molar-refractivity contribution < 1.29 is 0 Å². The molecular weight excluding hydrogens is 635 g/mol. The Kier molecular flexibility index (Phi) is 5.95. The number of nitriles is 2. The van der Waals surface area contributed by atoms with Crippen LogP contribution in [-0.4, -0.2) is 4.57 Å². The summed E-state index contributed by atoms with van der Waals surface area (Å²) in [5.41, 5.74) is 8.50. The number of hydrogen-bond acceptors (Lipinski definition) is 4. The first kappa shape index (κ1) is 27.7. The molecule has 0 unspecified atom stereocenters. The number of benzene rings is 6. The highest BCUT2D eigenvalue weighted by Gasteiger charge is 2.20. The number of aromatic nitrogens is 1. The molecule has 10 aromatic rings. The second-order valence-corrected chi connectivity index (χ2v) is 14.3. The van der Waals surface area contributed by atoms with Gasteiger partial charge in [-0.2, -0.15) is 10.5 Å². The first-order chi connectivity index (χ1) is 24.2. The van der Waals surface area contributed by atoms with E-state index in [0.29, 0.717) is 11.1 Å². The lowest BCUT2D eigenvalue weighted by Crippen LogP contribution is -2.00. The number of para-hydroxylation sites is 2. The Morgan fingerprint density at radius 3 is 2.20 bits per heavy atom. The molecule has 0 spiro atoms. The number of rotatable bonds is 3. The van der Waals surface area contributed by atoms with Gasteiger partial charge in [0, 0.05) is 51.3 Å². The third-order valence-corrected chi connectivity index (χ3v) is 11.9. The van der Waals surface area contributed by atoms with Gasteiger partial charge >= 0.3 is 0 Å². The van der Waals surface area contributed by atoms with Gasteiger partial charge in [0.05, 0.1) is 39.3 Å². The highest BCUT2D eigenvalue weighted by molar-refractivity contribution is 7.29. The zero-order valence-corrected chi connectivity index (χ0v) is 27.4. The van der Waals surface area contributed by atoms with E-state index in [9.17, 15) is 10.5 Å². The second kappa shape index (κ2) is 10.5. The van der Waals surface area contributed by atoms with Gasteiger partial charge in [-0.3, -0.25) is 0 Å². The lowest BCUT2D eigenvalue weighted by Gasteiger charge is -2.16. The van der Waals surface area contributed by atoms with Gasteiger partial charge in [0.1, 0.15) is 6.07 Å². The zero-order chi connectivity index (χ0) is 32.6. The van der Waals surface area contributed by atoms with Crippen molar-refractivity contribution in [1.82, 2.24) is 4.57 Å². The quantitative estimate of drug-likeness (QED) is 0.190. The molecule has 3 aromatic heterocycles. The molecule has 0 N–H and O–H groups in total. The molecule has 7 aromatic carbocycles. The van der Waals surface area contributed by atoms with E-state index in [1.165, 1.54) is 40.3 Å². The summed E-state index contributed by atoms with van der Waals surface area (Å²) < 4.78 is 7.25. The van der Waals surface area contributed by atoms with Gasteiger partial charge in [0.15, 0.2) is 0 Å². The number of fused-ring (bicyclic) bond motifs is 10. The van der Waals surface area contributed by atoms with E-state index in [1.807, 2.05) is 77.3 Å². The Hall–Kier alpha value is -6.42. The molecule has 224 valence electrons. The van der Waals surface area contributed by atoms with E-state index >= 15 is 0 Å². The van der Waals surface area contributed by atoms with Crippen LogP contribution >= 0.6 is 22.7 Å². The van der Waals surface area contributed by atoms with Crippen molar-refractivity contribution in [3.63, 3.8) is 0 Å². The molecule has 0 atom stereocenters. The molecule has 3 nitrogen and oxygen atoms in total. The minimum absolute atomic E-state index is 0.619. The van der Waals surface area contributed by atoms with E-state index in [-0.39, 0.29) is 0 Å². The van der Waals surface area contributed by atoms with Crippen molar-refractivity contribution in [3.8, 4) is 40.1 Å². The summed E-state index contributed by atoms with van der Waals surface area (Å²) in [6.45, 7) is 0. The molecule has 5 heteroatoms. The first-order valence-corrected chi connectivity index (χ1v) is 17.5. The number of hydrogen-bond donors (Lipinski definition) is 0. The molecule has 0 saturated carbocycles. The Balaban J connectivity index is 1.21. The molecule has 0 aliphatic rings. The molecule has 49 heavy (non-hydrogen) atoms. The molecule has 0 fully saturated rings. The van der Waals surface area contributed by atoms with Gasteiger partial charge in [-0.25, -0.2) is 0 Å². The average molecular weight is 656 g/mol. The van der Waals surface area contributed by atoms with Crippen LogP contribution < -0.4 is 0 Å². The summed E-state index contributed by atoms with van der Waals surface area (Å²) in [7, 11) is 0. The summed E-state index contributed by atoms with van der Waals surface area (Å²) in [4.78, 5) is 0. The minimum atomic E-state index is 0.619. The maximum atomic E-state index is 10.4. The van der Waals surface area contributed by atoms with Crippen LogP contribution in [0.5, 0.6) is 0 Å². The van der Waals surface area contributed by atoms with Crippen molar-refractivity contribution in [1.29, 1.82) is 10.5 Å². The third-order valence-electron chi connectivity index (χ3n) is 9.54. The van der Waals surface area contributed by atoms with Gasteiger partial charge in [0.2, 0.25) is 0 Å². The van der Waals surface area contributed by atoms with Crippen LogP contribution in [0.2, 0.25) is 0 Å². The lowest BCUT2D eigenvalue weighted by atomic mass is 9.97. The largest absolute Gasteiger partial charge is 0.307 e. The number of nitrogens with zero attached hydrogens (tertiary/aromatic N) is 3. The van der Waals surface area contributed by atoms with Crippen LogP contribution in [0.4, 0.5) is 0 Å². The van der Waals surface area contributed by atoms with E-state index in [4.69, 9.17) is 0 Å². The van der Waals surface area contributed by atoms with Gasteiger partial charge < -0.3 is 4.57 Å².